The maximum atomic E-state index is 9.64. The van der Waals surface area contributed by atoms with Crippen molar-refractivity contribution in [2.45, 2.75) is 25.8 Å². The van der Waals surface area contributed by atoms with Crippen LogP contribution in [0.15, 0.2) is 23.2 Å². The molecule has 0 aromatic heterocycles. The Morgan fingerprint density at radius 1 is 1.44 bits per heavy atom. The second-order valence-corrected chi connectivity index (χ2v) is 7.33. The molecule has 0 bridgehead atoms. The maximum absolute atomic E-state index is 9.64. The van der Waals surface area contributed by atoms with Crippen molar-refractivity contribution in [1.82, 2.24) is 0 Å². The molecule has 0 unspecified atom stereocenters. The van der Waals surface area contributed by atoms with Crippen molar-refractivity contribution in [3.05, 3.63) is 29.3 Å². The van der Waals surface area contributed by atoms with Gasteiger partial charge < -0.3 is 5.11 Å². The number of benzene rings is 1. The van der Waals surface area contributed by atoms with Crippen LogP contribution in [-0.2, 0) is 20.8 Å². The van der Waals surface area contributed by atoms with E-state index in [9.17, 15) is 5.11 Å². The third kappa shape index (κ3) is 4.99. The zero-order valence-electron chi connectivity index (χ0n) is 8.95. The van der Waals surface area contributed by atoms with Crippen molar-refractivity contribution in [2.24, 2.45) is 4.99 Å². The number of phenolic OH excluding ortho intramolecular Hbond substituents is 1. The Balaban J connectivity index is 0.000000386. The number of hydrogen-bond donors (Lipinski definition) is 1. The molecule has 0 spiro atoms. The van der Waals surface area contributed by atoms with E-state index in [4.69, 9.17) is 17.0 Å². The molecule has 1 aliphatic rings. The molecule has 1 aromatic carbocycles. The second kappa shape index (κ2) is 7.47. The van der Waals surface area contributed by atoms with Crippen LogP contribution in [0.5, 0.6) is 5.75 Å². The average molecular weight is 337 g/mol. The van der Waals surface area contributed by atoms with Gasteiger partial charge in [-0.1, -0.05) is 12.1 Å². The van der Waals surface area contributed by atoms with Gasteiger partial charge in [-0.05, 0) is 31.4 Å². The number of aromatic hydroxyl groups is 1. The molecule has 1 saturated carbocycles. The molecule has 0 heterocycles. The summed E-state index contributed by atoms with van der Waals surface area (Å²) >= 11 is -0.826. The molecule has 1 aromatic rings. The van der Waals surface area contributed by atoms with Gasteiger partial charge in [0.05, 0.1) is 6.04 Å². The van der Waals surface area contributed by atoms with E-state index in [1.807, 2.05) is 25.1 Å². The Bertz CT molecular complexity index is 367. The molecule has 1 aliphatic carbocycles. The van der Waals surface area contributed by atoms with Crippen molar-refractivity contribution >= 4 is 23.2 Å². The first-order valence-electron chi connectivity index (χ1n) is 4.97. The van der Waals surface area contributed by atoms with Gasteiger partial charge >= 0.3 is 37.9 Å². The molecule has 0 aliphatic heterocycles. The molecule has 2 nitrogen and oxygen atoms in total. The van der Waals surface area contributed by atoms with Crippen LogP contribution in [0.2, 0.25) is 0 Å². The molecule has 2 rings (SSSR count). The fourth-order valence-electron chi connectivity index (χ4n) is 1.20. The number of hydrogen-bond acceptors (Lipinski definition) is 2. The number of nitrogens with zero attached hydrogens (tertiary/aromatic N) is 1. The van der Waals surface area contributed by atoms with E-state index >= 15 is 0 Å². The van der Waals surface area contributed by atoms with Crippen LogP contribution >= 0.6 is 17.0 Å². The van der Waals surface area contributed by atoms with E-state index < -0.39 is 20.8 Å². The number of aryl methyl sites for hydroxylation is 1. The fraction of sp³-hybridized carbons (Fsp3) is 0.364. The first kappa shape index (κ1) is 14.2. The molecule has 0 atom stereocenters. The van der Waals surface area contributed by atoms with Gasteiger partial charge in [0, 0.05) is 11.8 Å². The van der Waals surface area contributed by atoms with Crippen molar-refractivity contribution in [2.75, 3.05) is 0 Å². The quantitative estimate of drug-likeness (QED) is 0.821. The van der Waals surface area contributed by atoms with Gasteiger partial charge in [-0.3, -0.25) is 4.99 Å². The summed E-state index contributed by atoms with van der Waals surface area (Å²) < 4.78 is 0. The van der Waals surface area contributed by atoms with Crippen LogP contribution in [0.25, 0.3) is 0 Å². The molecule has 0 saturated heterocycles. The van der Waals surface area contributed by atoms with E-state index in [1.54, 1.807) is 6.21 Å². The molecule has 86 valence electrons. The topological polar surface area (TPSA) is 32.6 Å². The van der Waals surface area contributed by atoms with Crippen molar-refractivity contribution in [3.63, 3.8) is 0 Å². The summed E-state index contributed by atoms with van der Waals surface area (Å²) in [5.41, 5.74) is 1.73. The van der Waals surface area contributed by atoms with Gasteiger partial charge in [0.15, 0.2) is 0 Å². The zero-order chi connectivity index (χ0) is 12.0. The minimum atomic E-state index is -0.826. The summed E-state index contributed by atoms with van der Waals surface area (Å²) in [7, 11) is 9.87. The summed E-state index contributed by atoms with van der Waals surface area (Å²) in [6.45, 7) is 1.89. The summed E-state index contributed by atoms with van der Waals surface area (Å²) in [6.07, 6.45) is 4.17. The second-order valence-electron chi connectivity index (χ2n) is 3.59. The Hall–Kier alpha value is 0.153. The Labute approximate surface area is 114 Å². The van der Waals surface area contributed by atoms with Gasteiger partial charge in [0.2, 0.25) is 0 Å². The predicted octanol–water partition coefficient (Wildman–Crippen LogP) is 3.66. The Kier molecular flexibility index (Phi) is 6.64. The van der Waals surface area contributed by atoms with Crippen molar-refractivity contribution in [3.8, 4) is 5.75 Å². The van der Waals surface area contributed by atoms with Crippen LogP contribution in [0.4, 0.5) is 0 Å². The molecular weight excluding hydrogens is 324 g/mol. The standard InChI is InChI=1S/C11H13NO.2ClH.Zr/c1-8-3-2-4-9(11(8)13)7-12-10-5-6-10;;;/h2-4,7,10,13H,5-6H2,1H3;2*1H;/q;;;+2/p-2. The fourth-order valence-corrected chi connectivity index (χ4v) is 1.20. The Morgan fingerprint density at radius 3 is 2.62 bits per heavy atom. The third-order valence-electron chi connectivity index (χ3n) is 2.24. The van der Waals surface area contributed by atoms with Gasteiger partial charge in [0.25, 0.3) is 0 Å². The van der Waals surface area contributed by atoms with Crippen LogP contribution in [0.3, 0.4) is 0 Å². The number of aliphatic imine (C=N–C) groups is 1. The van der Waals surface area contributed by atoms with Gasteiger partial charge in [-0.15, -0.1) is 0 Å². The molecule has 1 fully saturated rings. The van der Waals surface area contributed by atoms with Crippen LogP contribution in [0.1, 0.15) is 24.0 Å². The normalized spacial score (nSPS) is 14.4. The Morgan fingerprint density at radius 2 is 2.06 bits per heavy atom. The predicted molar refractivity (Wildman–Crippen MR) is 65.2 cm³/mol. The summed E-state index contributed by atoms with van der Waals surface area (Å²) in [4.78, 5) is 4.32. The molecule has 0 radical (unpaired) electrons. The molecule has 1 N–H and O–H groups in total. The zero-order valence-corrected chi connectivity index (χ0v) is 12.9. The summed E-state index contributed by atoms with van der Waals surface area (Å²) in [5, 5.41) is 9.64. The van der Waals surface area contributed by atoms with Crippen molar-refractivity contribution in [1.29, 1.82) is 0 Å². The van der Waals surface area contributed by atoms with E-state index in [-0.39, 0.29) is 0 Å². The average Bonchev–Trinajstić information content (AvgIpc) is 3.05. The molecule has 16 heavy (non-hydrogen) atoms. The number of para-hydroxylation sites is 1. The van der Waals surface area contributed by atoms with E-state index in [0.29, 0.717) is 11.8 Å². The van der Waals surface area contributed by atoms with Crippen LogP contribution < -0.4 is 0 Å². The molecular formula is C11H13Cl2NOZr. The van der Waals surface area contributed by atoms with E-state index in [0.717, 1.165) is 11.1 Å². The number of halogens is 2. The SMILES string of the molecule is Cc1cccc(C=NC2CC2)c1O.[Cl][Zr][Cl]. The van der Waals surface area contributed by atoms with Gasteiger partial charge in [-0.2, -0.15) is 0 Å². The van der Waals surface area contributed by atoms with Gasteiger partial charge in [0.1, 0.15) is 5.75 Å². The van der Waals surface area contributed by atoms with Gasteiger partial charge in [-0.25, -0.2) is 0 Å². The van der Waals surface area contributed by atoms with Crippen LogP contribution in [-0.4, -0.2) is 17.4 Å². The van der Waals surface area contributed by atoms with Crippen molar-refractivity contribution < 1.29 is 26.0 Å². The van der Waals surface area contributed by atoms with E-state index in [1.165, 1.54) is 12.8 Å². The van der Waals surface area contributed by atoms with E-state index in [2.05, 4.69) is 4.99 Å². The number of rotatable bonds is 2. The van der Waals surface area contributed by atoms with Crippen LogP contribution in [0, 0.1) is 6.92 Å². The first-order valence-corrected chi connectivity index (χ1v) is 11.3. The molecule has 0 amide bonds. The molecule has 5 heteroatoms. The monoisotopic (exact) mass is 335 g/mol. The summed E-state index contributed by atoms with van der Waals surface area (Å²) in [5.74, 6) is 0.354. The third-order valence-corrected chi connectivity index (χ3v) is 2.24. The summed E-state index contributed by atoms with van der Waals surface area (Å²) in [6, 6.07) is 6.22. The first-order chi connectivity index (χ1) is 7.69. The minimum absolute atomic E-state index is 0.354. The number of phenols is 1.